The van der Waals surface area contributed by atoms with Crippen molar-refractivity contribution in [3.05, 3.63) is 11.8 Å². The zero-order valence-electron chi connectivity index (χ0n) is 17.5. The fourth-order valence-electron chi connectivity index (χ4n) is 4.46. The van der Waals surface area contributed by atoms with Crippen LogP contribution in [0.2, 0.25) is 0 Å². The molecule has 0 aromatic carbocycles. The van der Waals surface area contributed by atoms with E-state index >= 15 is 0 Å². The first kappa shape index (κ1) is 20.6. The van der Waals surface area contributed by atoms with Crippen LogP contribution in [0.5, 0.6) is 0 Å². The van der Waals surface area contributed by atoms with E-state index < -0.39 is 5.54 Å². The maximum Gasteiger partial charge on any atom is 0.332 e. The molecule has 9 nitrogen and oxygen atoms in total. The van der Waals surface area contributed by atoms with Crippen molar-refractivity contribution in [1.29, 1.82) is 0 Å². The number of amides is 2. The van der Waals surface area contributed by atoms with Crippen molar-refractivity contribution in [1.82, 2.24) is 26.4 Å². The molecule has 0 spiro atoms. The normalized spacial score (nSPS) is 29.5. The van der Waals surface area contributed by atoms with Crippen molar-refractivity contribution < 1.29 is 14.3 Å². The largest absolute Gasteiger partial charge is 0.381 e. The van der Waals surface area contributed by atoms with Gasteiger partial charge in [-0.05, 0) is 45.4 Å². The Kier molecular flexibility index (Phi) is 6.38. The van der Waals surface area contributed by atoms with Crippen LogP contribution in [0.4, 0.5) is 4.79 Å². The smallest absolute Gasteiger partial charge is 0.332 e. The lowest BCUT2D eigenvalue weighted by atomic mass is 9.94. The molecule has 3 fully saturated rings. The van der Waals surface area contributed by atoms with Crippen LogP contribution in [0, 0.1) is 5.92 Å². The number of nitrogens with one attached hydrogen (secondary N) is 4. The molecule has 9 heteroatoms. The van der Waals surface area contributed by atoms with Gasteiger partial charge in [0.1, 0.15) is 0 Å². The lowest BCUT2D eigenvalue weighted by molar-refractivity contribution is 0.0535. The average molecular weight is 407 g/mol. The first-order chi connectivity index (χ1) is 14.0. The van der Waals surface area contributed by atoms with Crippen molar-refractivity contribution >= 4 is 11.7 Å². The lowest BCUT2D eigenvalue weighted by Gasteiger charge is -2.33. The van der Waals surface area contributed by atoms with Gasteiger partial charge in [-0.1, -0.05) is 0 Å². The minimum Gasteiger partial charge on any atom is -0.381 e. The van der Waals surface area contributed by atoms with E-state index in [4.69, 9.17) is 14.5 Å². The number of likely N-dealkylation sites (tertiary alicyclic amines) is 1. The Morgan fingerprint density at radius 1 is 1.28 bits per heavy atom. The standard InChI is InChI=1S/C20H34N6O3/c1-20(2)16-11-21-18(23-15-5-8-28-9-6-15)24-17(16)12-26(20)19(27)25-22-10-14-4-3-7-29-13-14/h11,14-15,18,21-23H,3-10,12-13H2,1-2H3,(H,25,27). The Hall–Kier alpha value is -1.68. The molecule has 2 atom stereocenters. The third kappa shape index (κ3) is 4.74. The van der Waals surface area contributed by atoms with E-state index in [2.05, 4.69) is 35.3 Å². The Morgan fingerprint density at radius 3 is 2.86 bits per heavy atom. The highest BCUT2D eigenvalue weighted by atomic mass is 16.5. The third-order valence-electron chi connectivity index (χ3n) is 6.32. The quantitative estimate of drug-likeness (QED) is 0.502. The summed E-state index contributed by atoms with van der Waals surface area (Å²) >= 11 is 0. The molecule has 4 heterocycles. The number of carbonyl (C=O) groups excluding carboxylic acids is 1. The van der Waals surface area contributed by atoms with Gasteiger partial charge in [0.05, 0.1) is 24.4 Å². The number of rotatable bonds is 5. The summed E-state index contributed by atoms with van der Waals surface area (Å²) < 4.78 is 10.9. The monoisotopic (exact) mass is 406 g/mol. The first-order valence-corrected chi connectivity index (χ1v) is 10.8. The molecule has 3 saturated heterocycles. The number of hydrogen-bond donors (Lipinski definition) is 4. The highest BCUT2D eigenvalue weighted by Gasteiger charge is 2.45. The van der Waals surface area contributed by atoms with Gasteiger partial charge in [-0.3, -0.25) is 10.7 Å². The summed E-state index contributed by atoms with van der Waals surface area (Å²) in [7, 11) is 0. The van der Waals surface area contributed by atoms with Gasteiger partial charge in [-0.25, -0.2) is 15.2 Å². The zero-order valence-corrected chi connectivity index (χ0v) is 17.5. The maximum atomic E-state index is 12.8. The van der Waals surface area contributed by atoms with Gasteiger partial charge in [0.25, 0.3) is 0 Å². The predicted octanol–water partition coefficient (Wildman–Crippen LogP) is 0.702. The molecule has 2 unspecified atom stereocenters. The van der Waals surface area contributed by atoms with Gasteiger partial charge in [0.15, 0.2) is 6.29 Å². The number of hydrogen-bond acceptors (Lipinski definition) is 7. The first-order valence-electron chi connectivity index (χ1n) is 10.8. The van der Waals surface area contributed by atoms with E-state index in [1.165, 1.54) is 0 Å². The summed E-state index contributed by atoms with van der Waals surface area (Å²) in [6, 6.07) is 0.279. The van der Waals surface area contributed by atoms with E-state index in [9.17, 15) is 4.79 Å². The molecule has 4 aliphatic rings. The van der Waals surface area contributed by atoms with Crippen LogP contribution in [0.15, 0.2) is 16.8 Å². The summed E-state index contributed by atoms with van der Waals surface area (Å²) in [5.74, 6) is 0.450. The number of hydrazine groups is 1. The van der Waals surface area contributed by atoms with Crippen LogP contribution >= 0.6 is 0 Å². The zero-order chi connectivity index (χ0) is 20.3. The minimum atomic E-state index is -0.421. The molecule has 2 amide bonds. The second-order valence-corrected chi connectivity index (χ2v) is 8.80. The highest BCUT2D eigenvalue weighted by Crippen LogP contribution is 2.33. The van der Waals surface area contributed by atoms with Crippen molar-refractivity contribution in [2.75, 3.05) is 39.5 Å². The van der Waals surface area contributed by atoms with E-state index in [0.717, 1.165) is 69.9 Å². The van der Waals surface area contributed by atoms with E-state index in [-0.39, 0.29) is 12.3 Å². The summed E-state index contributed by atoms with van der Waals surface area (Å²) in [4.78, 5) is 19.5. The second kappa shape index (κ2) is 8.99. The Labute approximate surface area is 172 Å². The van der Waals surface area contributed by atoms with E-state index in [1.54, 1.807) is 0 Å². The minimum absolute atomic E-state index is 0.126. The van der Waals surface area contributed by atoms with Gasteiger partial charge in [0.2, 0.25) is 0 Å². The predicted molar refractivity (Wildman–Crippen MR) is 110 cm³/mol. The summed E-state index contributed by atoms with van der Waals surface area (Å²) in [6.45, 7) is 8.55. The number of nitrogens with zero attached hydrogens (tertiary/aromatic N) is 2. The van der Waals surface area contributed by atoms with Crippen LogP contribution < -0.4 is 21.5 Å². The molecule has 0 radical (unpaired) electrons. The fourth-order valence-corrected chi connectivity index (χ4v) is 4.46. The fraction of sp³-hybridized carbons (Fsp3) is 0.800. The van der Waals surface area contributed by atoms with Crippen LogP contribution in [0.3, 0.4) is 0 Å². The van der Waals surface area contributed by atoms with Gasteiger partial charge < -0.3 is 19.7 Å². The molecule has 29 heavy (non-hydrogen) atoms. The number of fused-ring (bicyclic) bond motifs is 1. The Balaban J connectivity index is 1.32. The molecule has 0 saturated carbocycles. The number of ether oxygens (including phenoxy) is 2. The molecule has 162 valence electrons. The van der Waals surface area contributed by atoms with Crippen LogP contribution in [-0.4, -0.2) is 74.0 Å². The summed E-state index contributed by atoms with van der Waals surface area (Å²) in [6.07, 6.45) is 6.08. The SMILES string of the molecule is CC1(C)C2=CNC(NC3CCOCC3)N=C2CN1C(=O)NNCC1CCCOC1. The highest BCUT2D eigenvalue weighted by molar-refractivity contribution is 6.08. The molecule has 0 aliphatic carbocycles. The molecule has 0 bridgehead atoms. The van der Waals surface area contributed by atoms with E-state index in [0.29, 0.717) is 18.5 Å². The van der Waals surface area contributed by atoms with Gasteiger partial charge >= 0.3 is 6.03 Å². The molecule has 4 rings (SSSR count). The van der Waals surface area contributed by atoms with Crippen molar-refractivity contribution in [3.8, 4) is 0 Å². The van der Waals surface area contributed by atoms with Crippen molar-refractivity contribution in [3.63, 3.8) is 0 Å². The number of urea groups is 1. The number of carbonyl (C=O) groups is 1. The number of aliphatic imine (C=N–C) groups is 1. The Bertz CT molecular complexity index is 653. The molecular formula is C20H34N6O3. The van der Waals surface area contributed by atoms with Crippen LogP contribution in [0.25, 0.3) is 0 Å². The van der Waals surface area contributed by atoms with Crippen molar-refractivity contribution in [2.45, 2.75) is 57.4 Å². The van der Waals surface area contributed by atoms with Gasteiger partial charge in [0, 0.05) is 44.2 Å². The second-order valence-electron chi connectivity index (χ2n) is 8.80. The van der Waals surface area contributed by atoms with Crippen LogP contribution in [0.1, 0.15) is 39.5 Å². The molecule has 4 aliphatic heterocycles. The molecule has 4 N–H and O–H groups in total. The summed E-state index contributed by atoms with van der Waals surface area (Å²) in [5, 5.41) is 6.90. The van der Waals surface area contributed by atoms with Gasteiger partial charge in [-0.15, -0.1) is 0 Å². The van der Waals surface area contributed by atoms with Crippen molar-refractivity contribution in [2.24, 2.45) is 10.9 Å². The summed E-state index contributed by atoms with van der Waals surface area (Å²) in [5.41, 5.74) is 7.57. The topological polar surface area (TPSA) is 99.3 Å². The van der Waals surface area contributed by atoms with E-state index in [1.807, 2.05) is 11.1 Å². The van der Waals surface area contributed by atoms with Gasteiger partial charge in [-0.2, -0.15) is 0 Å². The third-order valence-corrected chi connectivity index (χ3v) is 6.32. The average Bonchev–Trinajstić information content (AvgIpc) is 3.00. The molecule has 0 aromatic heterocycles. The molecular weight excluding hydrogens is 372 g/mol. The molecule has 0 aromatic rings. The lowest BCUT2D eigenvalue weighted by Crippen LogP contribution is -2.53. The van der Waals surface area contributed by atoms with Crippen LogP contribution in [-0.2, 0) is 9.47 Å². The maximum absolute atomic E-state index is 12.8. The Morgan fingerprint density at radius 2 is 2.10 bits per heavy atom.